The number of benzene rings is 1. The fourth-order valence-electron chi connectivity index (χ4n) is 2.72. The molecule has 0 radical (unpaired) electrons. The second-order valence-electron chi connectivity index (χ2n) is 5.30. The van der Waals surface area contributed by atoms with Gasteiger partial charge in [-0.05, 0) is 66.2 Å². The molecule has 106 valence electrons. The van der Waals surface area contributed by atoms with E-state index in [0.29, 0.717) is 6.04 Å². The normalized spacial score (nSPS) is 25.1. The predicted octanol–water partition coefficient (Wildman–Crippen LogP) is 3.41. The van der Waals surface area contributed by atoms with Crippen molar-refractivity contribution < 1.29 is 9.84 Å². The van der Waals surface area contributed by atoms with Crippen LogP contribution in [0.4, 0.5) is 0 Å². The summed E-state index contributed by atoms with van der Waals surface area (Å²) < 4.78 is 6.22. The van der Waals surface area contributed by atoms with Gasteiger partial charge in [-0.1, -0.05) is 6.07 Å². The number of aliphatic hydroxyl groups is 1. The van der Waals surface area contributed by atoms with E-state index in [1.54, 1.807) is 7.11 Å². The van der Waals surface area contributed by atoms with Crippen LogP contribution in [-0.2, 0) is 0 Å². The number of rotatable bonds is 4. The van der Waals surface area contributed by atoms with Crippen LogP contribution in [0.2, 0.25) is 0 Å². The molecule has 3 unspecified atom stereocenters. The maximum Gasteiger partial charge on any atom is 0.133 e. The quantitative estimate of drug-likeness (QED) is 0.890. The van der Waals surface area contributed by atoms with Crippen LogP contribution in [0, 0.1) is 0 Å². The molecule has 1 aromatic rings. The van der Waals surface area contributed by atoms with E-state index in [1.165, 1.54) is 5.56 Å². The molecule has 0 heterocycles. The highest BCUT2D eigenvalue weighted by Crippen LogP contribution is 2.29. The van der Waals surface area contributed by atoms with Gasteiger partial charge in [0, 0.05) is 12.1 Å². The van der Waals surface area contributed by atoms with E-state index in [2.05, 4.69) is 40.3 Å². The smallest absolute Gasteiger partial charge is 0.133 e. The van der Waals surface area contributed by atoms with E-state index in [0.717, 1.165) is 35.9 Å². The van der Waals surface area contributed by atoms with Crippen LogP contribution in [0.15, 0.2) is 22.7 Å². The highest BCUT2D eigenvalue weighted by atomic mass is 79.9. The lowest BCUT2D eigenvalue weighted by Gasteiger charge is -2.29. The topological polar surface area (TPSA) is 41.5 Å². The van der Waals surface area contributed by atoms with Gasteiger partial charge in [-0.2, -0.15) is 0 Å². The first-order valence-electron chi connectivity index (χ1n) is 6.87. The van der Waals surface area contributed by atoms with Crippen molar-refractivity contribution in [1.82, 2.24) is 5.32 Å². The number of hydrogen-bond acceptors (Lipinski definition) is 3. The van der Waals surface area contributed by atoms with Gasteiger partial charge in [0.05, 0.1) is 17.7 Å². The van der Waals surface area contributed by atoms with Gasteiger partial charge in [0.25, 0.3) is 0 Å². The first kappa shape index (κ1) is 14.8. The second kappa shape index (κ2) is 6.73. The molecule has 0 saturated heterocycles. The van der Waals surface area contributed by atoms with Crippen LogP contribution in [0.1, 0.15) is 44.2 Å². The molecule has 1 aliphatic carbocycles. The van der Waals surface area contributed by atoms with Gasteiger partial charge < -0.3 is 15.2 Å². The molecular weight excluding hydrogens is 306 g/mol. The zero-order valence-electron chi connectivity index (χ0n) is 11.5. The molecule has 0 aliphatic heterocycles. The Balaban J connectivity index is 1.99. The van der Waals surface area contributed by atoms with Crippen molar-refractivity contribution in [1.29, 1.82) is 0 Å². The lowest BCUT2D eigenvalue weighted by Crippen LogP contribution is -2.37. The summed E-state index contributed by atoms with van der Waals surface area (Å²) in [6, 6.07) is 6.85. The summed E-state index contributed by atoms with van der Waals surface area (Å²) in [4.78, 5) is 0. The monoisotopic (exact) mass is 327 g/mol. The summed E-state index contributed by atoms with van der Waals surface area (Å²) in [5, 5.41) is 13.3. The zero-order valence-corrected chi connectivity index (χ0v) is 13.1. The molecule has 0 amide bonds. The average molecular weight is 328 g/mol. The highest BCUT2D eigenvalue weighted by Gasteiger charge is 2.21. The number of aliphatic hydroxyl groups excluding tert-OH is 1. The Kier molecular flexibility index (Phi) is 5.25. The van der Waals surface area contributed by atoms with Crippen molar-refractivity contribution in [2.45, 2.75) is 50.8 Å². The Morgan fingerprint density at radius 3 is 2.84 bits per heavy atom. The lowest BCUT2D eigenvalue weighted by molar-refractivity contribution is 0.109. The molecule has 1 fully saturated rings. The first-order chi connectivity index (χ1) is 9.10. The Morgan fingerprint density at radius 1 is 1.42 bits per heavy atom. The Bertz CT molecular complexity index is 425. The molecule has 1 saturated carbocycles. The van der Waals surface area contributed by atoms with Crippen molar-refractivity contribution in [3.05, 3.63) is 28.2 Å². The van der Waals surface area contributed by atoms with Gasteiger partial charge in [-0.15, -0.1) is 0 Å². The van der Waals surface area contributed by atoms with Gasteiger partial charge in [0.15, 0.2) is 0 Å². The molecule has 1 aliphatic rings. The van der Waals surface area contributed by atoms with Crippen LogP contribution in [0.25, 0.3) is 0 Å². The van der Waals surface area contributed by atoms with Crippen molar-refractivity contribution in [3.63, 3.8) is 0 Å². The van der Waals surface area contributed by atoms with Crippen molar-refractivity contribution in [2.75, 3.05) is 7.11 Å². The van der Waals surface area contributed by atoms with E-state index in [4.69, 9.17) is 4.74 Å². The van der Waals surface area contributed by atoms with Gasteiger partial charge >= 0.3 is 0 Å². The Morgan fingerprint density at radius 2 is 2.21 bits per heavy atom. The van der Waals surface area contributed by atoms with E-state index in [-0.39, 0.29) is 12.1 Å². The maximum atomic E-state index is 9.71. The second-order valence-corrected chi connectivity index (χ2v) is 6.15. The molecular formula is C15H22BrNO2. The fraction of sp³-hybridized carbons (Fsp3) is 0.600. The van der Waals surface area contributed by atoms with Gasteiger partial charge in [0.1, 0.15) is 5.75 Å². The summed E-state index contributed by atoms with van der Waals surface area (Å²) >= 11 is 3.52. The zero-order chi connectivity index (χ0) is 13.8. The van der Waals surface area contributed by atoms with Crippen LogP contribution in [-0.4, -0.2) is 24.4 Å². The molecule has 4 heteroatoms. The molecule has 0 aromatic heterocycles. The molecule has 3 atom stereocenters. The van der Waals surface area contributed by atoms with Crippen molar-refractivity contribution in [3.8, 4) is 5.75 Å². The third kappa shape index (κ3) is 3.94. The van der Waals surface area contributed by atoms with Crippen molar-refractivity contribution in [2.24, 2.45) is 0 Å². The predicted molar refractivity (Wildman–Crippen MR) is 80.5 cm³/mol. The van der Waals surface area contributed by atoms with Gasteiger partial charge in [-0.3, -0.25) is 0 Å². The van der Waals surface area contributed by atoms with E-state index in [9.17, 15) is 5.11 Å². The number of methoxy groups -OCH3 is 1. The summed E-state index contributed by atoms with van der Waals surface area (Å²) in [6.45, 7) is 2.16. The number of hydrogen-bond donors (Lipinski definition) is 2. The lowest BCUT2D eigenvalue weighted by atomic mass is 9.92. The van der Waals surface area contributed by atoms with Gasteiger partial charge in [-0.25, -0.2) is 0 Å². The van der Waals surface area contributed by atoms with Crippen molar-refractivity contribution >= 4 is 15.9 Å². The maximum absolute atomic E-state index is 9.71. The van der Waals surface area contributed by atoms with E-state index >= 15 is 0 Å². The molecule has 0 bridgehead atoms. The largest absolute Gasteiger partial charge is 0.496 e. The van der Waals surface area contributed by atoms with E-state index < -0.39 is 0 Å². The fourth-order valence-corrected chi connectivity index (χ4v) is 3.28. The van der Waals surface area contributed by atoms with Crippen LogP contribution >= 0.6 is 15.9 Å². The minimum Gasteiger partial charge on any atom is -0.496 e. The SMILES string of the molecule is COc1ccc(C(C)NC2CCCC(O)C2)cc1Br. The summed E-state index contributed by atoms with van der Waals surface area (Å²) in [7, 11) is 1.67. The third-order valence-corrected chi connectivity index (χ3v) is 4.43. The molecule has 0 spiro atoms. The molecule has 1 aromatic carbocycles. The Labute approximate surface area is 123 Å². The average Bonchev–Trinajstić information content (AvgIpc) is 2.38. The van der Waals surface area contributed by atoms with Crippen LogP contribution in [0.5, 0.6) is 5.75 Å². The summed E-state index contributed by atoms with van der Waals surface area (Å²) in [6.07, 6.45) is 3.93. The van der Waals surface area contributed by atoms with Crippen LogP contribution in [0.3, 0.4) is 0 Å². The highest BCUT2D eigenvalue weighted by molar-refractivity contribution is 9.10. The third-order valence-electron chi connectivity index (χ3n) is 3.81. The Hall–Kier alpha value is -0.580. The standard InChI is InChI=1S/C15H22BrNO2/c1-10(17-12-4-3-5-13(18)9-12)11-6-7-15(19-2)14(16)8-11/h6-8,10,12-13,17-18H,3-5,9H2,1-2H3. The minimum atomic E-state index is -0.138. The first-order valence-corrected chi connectivity index (χ1v) is 7.67. The molecule has 3 nitrogen and oxygen atoms in total. The molecule has 19 heavy (non-hydrogen) atoms. The molecule has 2 rings (SSSR count). The van der Waals surface area contributed by atoms with Crippen LogP contribution < -0.4 is 10.1 Å². The number of halogens is 1. The minimum absolute atomic E-state index is 0.138. The summed E-state index contributed by atoms with van der Waals surface area (Å²) in [5.41, 5.74) is 1.23. The number of nitrogens with one attached hydrogen (secondary N) is 1. The summed E-state index contributed by atoms with van der Waals surface area (Å²) in [5.74, 6) is 0.851. The van der Waals surface area contributed by atoms with E-state index in [1.807, 2.05) is 6.07 Å². The molecule has 2 N–H and O–H groups in total. The van der Waals surface area contributed by atoms with Gasteiger partial charge in [0.2, 0.25) is 0 Å². The number of ether oxygens (including phenoxy) is 1.